The summed E-state index contributed by atoms with van der Waals surface area (Å²) >= 11 is 0. The van der Waals surface area contributed by atoms with E-state index >= 15 is 0 Å². The van der Waals surface area contributed by atoms with Gasteiger partial charge in [-0.3, -0.25) is 0 Å². The summed E-state index contributed by atoms with van der Waals surface area (Å²) in [6.07, 6.45) is 29.8. The second-order valence-corrected chi connectivity index (χ2v) is 34.8. The Morgan fingerprint density at radius 2 is 0.609 bits per heavy atom. The smallest absolute Gasteiger partial charge is 0.205 e. The number of ether oxygens (including phenoxy) is 9. The molecular formula is C99H148O11. The SMILES string of the molecule is CCC(C)c1ccc(O)cc1.CCC(C)c1ccc(O)cc1.CCC(C)c1ccc(OC(C)OC2CCCCC2)cc1.CCC(C)c1ccc(OC(C)OCCOC)cc1.CCC(C)c1ccc(OC(OC(C)C)C23CC4CC(CC(C4)C2)C3)cc1.CCC(C)c1ccc(OC(OC)C23CC4CC(CC(C4)C2)C3)cc1. The van der Waals surface area contributed by atoms with Crippen molar-refractivity contribution in [3.8, 4) is 34.5 Å². The molecule has 0 aliphatic heterocycles. The molecule has 0 amide bonds. The molecule has 110 heavy (non-hydrogen) atoms. The van der Waals surface area contributed by atoms with Crippen molar-refractivity contribution < 1.29 is 52.8 Å². The zero-order chi connectivity index (χ0) is 79.3. The van der Waals surface area contributed by atoms with E-state index in [1.54, 1.807) is 31.4 Å². The molecule has 0 aromatic heterocycles. The zero-order valence-electron chi connectivity index (χ0n) is 71.5. The van der Waals surface area contributed by atoms with Crippen LogP contribution in [0, 0.1) is 46.3 Å². The average molecular weight is 1510 g/mol. The van der Waals surface area contributed by atoms with Crippen molar-refractivity contribution in [2.45, 2.75) is 331 Å². The van der Waals surface area contributed by atoms with Gasteiger partial charge in [0.2, 0.25) is 12.6 Å². The van der Waals surface area contributed by atoms with Crippen molar-refractivity contribution in [2.75, 3.05) is 27.4 Å². The normalized spacial score (nSPS) is 24.7. The molecule has 2 N–H and O–H groups in total. The Morgan fingerprint density at radius 1 is 0.336 bits per heavy atom. The molecule has 9 fully saturated rings. The van der Waals surface area contributed by atoms with Crippen LogP contribution in [-0.4, -0.2) is 75.0 Å². The maximum Gasteiger partial charge on any atom is 0.205 e. The Labute approximate surface area is 667 Å². The van der Waals surface area contributed by atoms with Crippen LogP contribution in [0.3, 0.4) is 0 Å². The van der Waals surface area contributed by atoms with Gasteiger partial charge in [0.15, 0.2) is 12.6 Å². The maximum atomic E-state index is 9.01. The molecule has 0 heterocycles. The molecule has 9 aliphatic rings. The summed E-state index contributed by atoms with van der Waals surface area (Å²) in [7, 11) is 3.49. The fourth-order valence-electron chi connectivity index (χ4n) is 18.9. The summed E-state index contributed by atoms with van der Waals surface area (Å²) in [6.45, 7) is 35.9. The monoisotopic (exact) mass is 1510 g/mol. The topological polar surface area (TPSA) is 124 Å². The molecule has 11 heteroatoms. The Balaban J connectivity index is 0.000000170. The number of phenols is 2. The Kier molecular flexibility index (Phi) is 36.7. The molecule has 610 valence electrons. The predicted octanol–water partition coefficient (Wildman–Crippen LogP) is 27.0. The molecule has 10 unspecified atom stereocenters. The summed E-state index contributed by atoms with van der Waals surface area (Å²) in [6, 6.07) is 49.0. The minimum Gasteiger partial charge on any atom is -0.508 e. The largest absolute Gasteiger partial charge is 0.508 e. The van der Waals surface area contributed by atoms with Crippen LogP contribution in [0.4, 0.5) is 0 Å². The van der Waals surface area contributed by atoms with Crippen molar-refractivity contribution in [2.24, 2.45) is 46.3 Å². The Morgan fingerprint density at radius 3 is 0.891 bits per heavy atom. The predicted molar refractivity (Wildman–Crippen MR) is 453 cm³/mol. The highest BCUT2D eigenvalue weighted by Crippen LogP contribution is 2.63. The lowest BCUT2D eigenvalue weighted by atomic mass is 9.49. The second kappa shape index (κ2) is 45.1. The summed E-state index contributed by atoms with van der Waals surface area (Å²) in [5.41, 5.74) is 8.62. The van der Waals surface area contributed by atoms with Gasteiger partial charge in [-0.1, -0.05) is 175 Å². The van der Waals surface area contributed by atoms with Crippen LogP contribution in [0.15, 0.2) is 146 Å². The number of hydrogen-bond donors (Lipinski definition) is 2. The van der Waals surface area contributed by atoms with Gasteiger partial charge in [0.1, 0.15) is 34.5 Å². The van der Waals surface area contributed by atoms with E-state index in [0.717, 1.165) is 77.8 Å². The van der Waals surface area contributed by atoms with Crippen molar-refractivity contribution in [1.29, 1.82) is 0 Å². The van der Waals surface area contributed by atoms with Gasteiger partial charge in [0.05, 0.1) is 25.4 Å². The van der Waals surface area contributed by atoms with Crippen LogP contribution >= 0.6 is 0 Å². The van der Waals surface area contributed by atoms with Crippen LogP contribution < -0.4 is 18.9 Å². The summed E-state index contributed by atoms with van der Waals surface area (Å²) < 4.78 is 53.1. The van der Waals surface area contributed by atoms with Gasteiger partial charge >= 0.3 is 0 Å². The highest BCUT2D eigenvalue weighted by atomic mass is 16.7. The van der Waals surface area contributed by atoms with E-state index in [1.807, 2.05) is 57.4 Å². The van der Waals surface area contributed by atoms with E-state index in [2.05, 4.69) is 182 Å². The molecule has 15 rings (SSSR count). The minimum absolute atomic E-state index is 0.0830. The van der Waals surface area contributed by atoms with Gasteiger partial charge < -0.3 is 52.8 Å². The van der Waals surface area contributed by atoms with Crippen LogP contribution in [0.25, 0.3) is 0 Å². The number of phenolic OH excluding ortho intramolecular Hbond substituents is 2. The van der Waals surface area contributed by atoms with Gasteiger partial charge in [0, 0.05) is 25.0 Å². The van der Waals surface area contributed by atoms with E-state index < -0.39 is 0 Å². The van der Waals surface area contributed by atoms with Gasteiger partial charge in [-0.15, -0.1) is 0 Å². The first kappa shape index (κ1) is 89.5. The first-order valence-electron chi connectivity index (χ1n) is 43.5. The fraction of sp³-hybridized carbons (Fsp3) is 0.636. The Hall–Kier alpha value is -6.08. The maximum absolute atomic E-state index is 9.01. The molecule has 9 saturated carbocycles. The zero-order valence-corrected chi connectivity index (χ0v) is 71.5. The third kappa shape index (κ3) is 27.3. The highest BCUT2D eigenvalue weighted by Gasteiger charge is 2.57. The quantitative estimate of drug-likeness (QED) is 0.0319. The van der Waals surface area contributed by atoms with E-state index in [9.17, 15) is 0 Å². The molecule has 6 aromatic rings. The van der Waals surface area contributed by atoms with Crippen molar-refractivity contribution in [3.05, 3.63) is 179 Å². The van der Waals surface area contributed by atoms with Crippen LogP contribution in [0.1, 0.15) is 327 Å². The lowest BCUT2D eigenvalue weighted by Gasteiger charge is -2.58. The molecule has 0 radical (unpaired) electrons. The van der Waals surface area contributed by atoms with Crippen LogP contribution in [0.5, 0.6) is 34.5 Å². The minimum atomic E-state index is -0.255. The standard InChI is InChI=1S/C24H36O2.C22H32O2.C18H28O2.C15H24O3.2C10H14O/c1-5-17(4)21-6-8-22(9-7-21)26-23(25-16(2)3)24-13-18-10-19(14-24)12-20(11-18)15-24;1-4-15(2)19-5-7-20(8-6-19)24-21(23-3)22-12-16-9-17(13-22)11-18(10-16)14-22;1-4-14(2)16-10-12-18(13-11-16)20-15(3)19-17-8-6-5-7-9-17;1-5-12(2)14-6-8-15(9-7-14)18-13(3)17-11-10-16-4;2*1-3-8(2)9-4-6-10(11)7-5-9/h6-9,16-20,23H,5,10-15H2,1-4H3;5-8,15-18,21H,4,9-14H2,1-3H3;10-15,17H,4-9H2,1-3H3;6-9,12-13H,5,10-11H2,1-4H3;2*4-8,11H,3H2,1-2H3. The number of aromatic hydroxyl groups is 2. The lowest BCUT2D eigenvalue weighted by Crippen LogP contribution is -2.54. The number of rotatable bonds is 31. The highest BCUT2D eigenvalue weighted by molar-refractivity contribution is 5.34. The average Bonchev–Trinajstić information content (AvgIpc) is 0.744. The van der Waals surface area contributed by atoms with Gasteiger partial charge in [0.25, 0.3) is 0 Å². The molecule has 0 saturated heterocycles. The fourth-order valence-corrected chi connectivity index (χ4v) is 18.9. The molecule has 11 nitrogen and oxygen atoms in total. The van der Waals surface area contributed by atoms with E-state index in [1.165, 1.54) is 162 Å². The Bertz CT molecular complexity index is 3330. The first-order valence-corrected chi connectivity index (χ1v) is 43.5. The van der Waals surface area contributed by atoms with Crippen molar-refractivity contribution in [3.63, 3.8) is 0 Å². The van der Waals surface area contributed by atoms with Crippen LogP contribution in [-0.2, 0) is 23.7 Å². The molecular weight excluding hydrogens is 1370 g/mol. The van der Waals surface area contributed by atoms with Gasteiger partial charge in [-0.2, -0.15) is 0 Å². The third-order valence-corrected chi connectivity index (χ3v) is 25.8. The van der Waals surface area contributed by atoms with Gasteiger partial charge in [-0.05, 0) is 333 Å². The summed E-state index contributed by atoms with van der Waals surface area (Å²) in [5.74, 6) is 13.5. The van der Waals surface area contributed by atoms with E-state index in [0.29, 0.717) is 66.3 Å². The molecule has 10 atom stereocenters. The second-order valence-electron chi connectivity index (χ2n) is 34.8. The summed E-state index contributed by atoms with van der Waals surface area (Å²) in [4.78, 5) is 0. The van der Waals surface area contributed by atoms with Crippen molar-refractivity contribution in [1.82, 2.24) is 0 Å². The molecule has 6 aromatic carbocycles. The molecule has 9 aliphatic carbocycles. The van der Waals surface area contributed by atoms with Gasteiger partial charge in [-0.25, -0.2) is 0 Å². The van der Waals surface area contributed by atoms with Crippen molar-refractivity contribution >= 4 is 0 Å². The number of benzene rings is 6. The summed E-state index contributed by atoms with van der Waals surface area (Å²) in [5, 5.41) is 18.0. The molecule has 0 spiro atoms. The number of hydrogen-bond acceptors (Lipinski definition) is 11. The van der Waals surface area contributed by atoms with Crippen LogP contribution in [0.2, 0.25) is 0 Å². The lowest BCUT2D eigenvalue weighted by molar-refractivity contribution is -0.227. The third-order valence-electron chi connectivity index (χ3n) is 25.8. The number of methoxy groups -OCH3 is 2. The molecule has 8 bridgehead atoms. The first-order chi connectivity index (χ1) is 52.9. The van der Waals surface area contributed by atoms with E-state index in [-0.39, 0.29) is 42.1 Å². The van der Waals surface area contributed by atoms with E-state index in [4.69, 9.17) is 52.8 Å².